The number of aromatic nitrogens is 5. The first kappa shape index (κ1) is 14.2. The van der Waals surface area contributed by atoms with Gasteiger partial charge in [0.25, 0.3) is 0 Å². The average Bonchev–Trinajstić information content (AvgIpc) is 3.26. The van der Waals surface area contributed by atoms with Gasteiger partial charge in [-0.05, 0) is 35.6 Å². The van der Waals surface area contributed by atoms with Crippen molar-refractivity contribution in [2.45, 2.75) is 41.8 Å². The summed E-state index contributed by atoms with van der Waals surface area (Å²) in [7, 11) is 0. The number of aromatic amines is 1. The summed E-state index contributed by atoms with van der Waals surface area (Å²) in [5.41, 5.74) is 0.535. The number of nitrogens with one attached hydrogen (secondary N) is 1. The van der Waals surface area contributed by atoms with Crippen LogP contribution in [0.15, 0.2) is 34.6 Å². The van der Waals surface area contributed by atoms with E-state index in [1.54, 1.807) is 24.4 Å². The van der Waals surface area contributed by atoms with Gasteiger partial charge in [-0.1, -0.05) is 18.9 Å². The van der Waals surface area contributed by atoms with Crippen LogP contribution in [0.4, 0.5) is 5.82 Å². The zero-order chi connectivity index (χ0) is 15.8. The number of rotatable bonds is 4. The zero-order valence-electron chi connectivity index (χ0n) is 12.2. The average molecular weight is 330 g/mol. The molecule has 0 unspecified atom stereocenters. The summed E-state index contributed by atoms with van der Waals surface area (Å²) in [4.78, 5) is 19.8. The molecule has 4 rings (SSSR count). The minimum atomic E-state index is -0.424. The summed E-state index contributed by atoms with van der Waals surface area (Å²) in [5, 5.41) is 19.3. The van der Waals surface area contributed by atoms with Crippen LogP contribution >= 0.6 is 11.8 Å². The number of fused-ring (bicyclic) bond motifs is 1. The van der Waals surface area contributed by atoms with Gasteiger partial charge >= 0.3 is 5.82 Å². The number of hydrogen-bond acceptors (Lipinski definition) is 6. The Kier molecular flexibility index (Phi) is 3.49. The summed E-state index contributed by atoms with van der Waals surface area (Å²) in [5.74, 6) is 1.24. The predicted molar refractivity (Wildman–Crippen MR) is 83.6 cm³/mol. The van der Waals surface area contributed by atoms with E-state index in [0.29, 0.717) is 21.7 Å². The van der Waals surface area contributed by atoms with Gasteiger partial charge in [-0.2, -0.15) is 9.38 Å². The smallest absolute Gasteiger partial charge is 0.358 e. The predicted octanol–water partition coefficient (Wildman–Crippen LogP) is 3.17. The molecule has 0 radical (unpaired) electrons. The van der Waals surface area contributed by atoms with Crippen molar-refractivity contribution in [2.75, 3.05) is 0 Å². The van der Waals surface area contributed by atoms with E-state index in [9.17, 15) is 10.1 Å². The molecule has 8 nitrogen and oxygen atoms in total. The van der Waals surface area contributed by atoms with Crippen molar-refractivity contribution in [1.82, 2.24) is 24.6 Å². The molecule has 1 aliphatic rings. The molecule has 0 atom stereocenters. The lowest BCUT2D eigenvalue weighted by molar-refractivity contribution is -0.393. The fraction of sp³-hybridized carbons (Fsp3) is 0.357. The maximum atomic E-state index is 11.4. The van der Waals surface area contributed by atoms with E-state index in [4.69, 9.17) is 0 Å². The summed E-state index contributed by atoms with van der Waals surface area (Å²) in [6.45, 7) is 0. The highest BCUT2D eigenvalue weighted by Crippen LogP contribution is 2.36. The second kappa shape index (κ2) is 5.65. The lowest BCUT2D eigenvalue weighted by atomic mass is 10.1. The number of nitro groups is 1. The Morgan fingerprint density at radius 1 is 1.30 bits per heavy atom. The number of H-pyrrole nitrogens is 1. The van der Waals surface area contributed by atoms with Crippen LogP contribution in [-0.2, 0) is 0 Å². The molecule has 0 spiro atoms. The minimum Gasteiger partial charge on any atom is -0.358 e. The quantitative estimate of drug-likeness (QED) is 0.582. The summed E-state index contributed by atoms with van der Waals surface area (Å²) in [6.07, 6.45) is 6.30. The normalized spacial score (nSPS) is 15.5. The minimum absolute atomic E-state index is 0.0576. The van der Waals surface area contributed by atoms with Crippen molar-refractivity contribution in [2.24, 2.45) is 0 Å². The Morgan fingerprint density at radius 2 is 2.13 bits per heavy atom. The molecular formula is C14H14N6O2S. The second-order valence-electron chi connectivity index (χ2n) is 5.51. The summed E-state index contributed by atoms with van der Waals surface area (Å²) < 4.78 is 1.47. The van der Waals surface area contributed by atoms with Gasteiger partial charge in [0, 0.05) is 12.0 Å². The molecule has 3 aromatic rings. The van der Waals surface area contributed by atoms with Crippen molar-refractivity contribution >= 4 is 23.2 Å². The van der Waals surface area contributed by atoms with Gasteiger partial charge in [0.15, 0.2) is 0 Å². The molecule has 23 heavy (non-hydrogen) atoms. The van der Waals surface area contributed by atoms with Crippen LogP contribution in [0.1, 0.15) is 37.4 Å². The van der Waals surface area contributed by atoms with Crippen molar-refractivity contribution < 1.29 is 4.92 Å². The maximum absolute atomic E-state index is 11.4. The van der Waals surface area contributed by atoms with Crippen LogP contribution in [-0.4, -0.2) is 29.5 Å². The van der Waals surface area contributed by atoms with E-state index in [-0.39, 0.29) is 5.82 Å². The van der Waals surface area contributed by atoms with Gasteiger partial charge in [0.05, 0.1) is 6.20 Å². The van der Waals surface area contributed by atoms with Gasteiger partial charge in [0.1, 0.15) is 5.82 Å². The third kappa shape index (κ3) is 2.56. The first-order valence-corrected chi connectivity index (χ1v) is 8.25. The van der Waals surface area contributed by atoms with Crippen LogP contribution in [0.25, 0.3) is 5.65 Å². The molecular weight excluding hydrogens is 316 g/mol. The van der Waals surface area contributed by atoms with Crippen LogP contribution < -0.4 is 0 Å². The lowest BCUT2D eigenvalue weighted by Crippen LogP contribution is -1.95. The molecule has 9 heteroatoms. The summed E-state index contributed by atoms with van der Waals surface area (Å²) in [6, 6.07) is 5.27. The highest BCUT2D eigenvalue weighted by atomic mass is 32.2. The van der Waals surface area contributed by atoms with Crippen molar-refractivity contribution in [3.05, 3.63) is 40.3 Å². The Balaban J connectivity index is 1.67. The van der Waals surface area contributed by atoms with Crippen LogP contribution in [0, 0.1) is 10.1 Å². The molecule has 0 amide bonds. The first-order valence-electron chi connectivity index (χ1n) is 7.44. The fourth-order valence-electron chi connectivity index (χ4n) is 2.97. The van der Waals surface area contributed by atoms with E-state index in [1.807, 2.05) is 0 Å². The number of nitrogens with zero attached hydrogens (tertiary/aromatic N) is 5. The van der Waals surface area contributed by atoms with Gasteiger partial charge < -0.3 is 10.1 Å². The van der Waals surface area contributed by atoms with Crippen LogP contribution in [0.3, 0.4) is 0 Å². The van der Waals surface area contributed by atoms with E-state index in [0.717, 1.165) is 30.4 Å². The summed E-state index contributed by atoms with van der Waals surface area (Å²) >= 11 is 1.12. The molecule has 1 N–H and O–H groups in total. The third-order valence-electron chi connectivity index (χ3n) is 4.06. The largest absolute Gasteiger partial charge is 0.362 e. The molecule has 1 fully saturated rings. The molecule has 3 heterocycles. The second-order valence-corrected chi connectivity index (χ2v) is 6.47. The van der Waals surface area contributed by atoms with Crippen LogP contribution in [0.2, 0.25) is 0 Å². The van der Waals surface area contributed by atoms with Gasteiger partial charge in [0.2, 0.25) is 15.8 Å². The maximum Gasteiger partial charge on any atom is 0.362 e. The standard InChI is InChI=1S/C14H14N6O2S/c21-20(22)13-12(15-10-7-3-4-8-19(10)13)23-14-16-11(17-18-14)9-5-1-2-6-9/h3-4,7-9H,1-2,5-6H2,(H,16,17,18). The van der Waals surface area contributed by atoms with E-state index < -0.39 is 4.92 Å². The SMILES string of the molecule is O=[N+]([O-])c1c(Sc2n[nH]c(C3CCCC3)n2)nc2ccccn12. The topological polar surface area (TPSA) is 102 Å². The molecule has 1 aliphatic carbocycles. The van der Waals surface area contributed by atoms with E-state index >= 15 is 0 Å². The highest BCUT2D eigenvalue weighted by molar-refractivity contribution is 7.99. The monoisotopic (exact) mass is 330 g/mol. The molecule has 3 aromatic heterocycles. The number of imidazole rings is 1. The number of hydrogen-bond donors (Lipinski definition) is 1. The Morgan fingerprint density at radius 3 is 2.91 bits per heavy atom. The Hall–Kier alpha value is -2.42. The van der Waals surface area contributed by atoms with Gasteiger partial charge in [-0.15, -0.1) is 5.10 Å². The van der Waals surface area contributed by atoms with Gasteiger partial charge in [-0.3, -0.25) is 5.10 Å². The van der Waals surface area contributed by atoms with Gasteiger partial charge in [-0.25, -0.2) is 4.98 Å². The van der Waals surface area contributed by atoms with Crippen molar-refractivity contribution in [3.63, 3.8) is 0 Å². The highest BCUT2D eigenvalue weighted by Gasteiger charge is 2.26. The molecule has 118 valence electrons. The van der Waals surface area contributed by atoms with Crippen molar-refractivity contribution in [1.29, 1.82) is 0 Å². The zero-order valence-corrected chi connectivity index (χ0v) is 13.0. The van der Waals surface area contributed by atoms with Crippen LogP contribution in [0.5, 0.6) is 0 Å². The molecule has 0 saturated heterocycles. The number of pyridine rings is 1. The molecule has 0 bridgehead atoms. The lowest BCUT2D eigenvalue weighted by Gasteiger charge is -2.01. The van der Waals surface area contributed by atoms with E-state index in [2.05, 4.69) is 20.2 Å². The Bertz CT molecular complexity index is 867. The molecule has 0 aliphatic heterocycles. The Labute approximate surface area is 135 Å². The fourth-order valence-corrected chi connectivity index (χ4v) is 3.78. The third-order valence-corrected chi connectivity index (χ3v) is 4.89. The first-order chi connectivity index (χ1) is 11.2. The van der Waals surface area contributed by atoms with Crippen molar-refractivity contribution in [3.8, 4) is 0 Å². The van der Waals surface area contributed by atoms with E-state index in [1.165, 1.54) is 17.2 Å². The molecule has 1 saturated carbocycles. The molecule has 0 aromatic carbocycles.